The molecule has 1 aromatic rings. The van der Waals surface area contributed by atoms with Crippen LogP contribution in [0.1, 0.15) is 38.2 Å². The van der Waals surface area contributed by atoms with Crippen LogP contribution in [0.5, 0.6) is 0 Å². The summed E-state index contributed by atoms with van der Waals surface area (Å²) in [6.07, 6.45) is 8.16. The third kappa shape index (κ3) is 2.96. The van der Waals surface area contributed by atoms with E-state index in [0.717, 1.165) is 24.1 Å². The summed E-state index contributed by atoms with van der Waals surface area (Å²) in [5, 5.41) is 10.9. The van der Waals surface area contributed by atoms with Crippen molar-refractivity contribution >= 4 is 5.69 Å². The number of pyridine rings is 1. The van der Waals surface area contributed by atoms with Crippen molar-refractivity contribution in [2.24, 2.45) is 5.92 Å². The number of nitrogens with zero attached hydrogens (tertiary/aromatic N) is 2. The number of rotatable bonds is 4. The van der Waals surface area contributed by atoms with Gasteiger partial charge in [0.25, 0.3) is 0 Å². The zero-order chi connectivity index (χ0) is 14.8. The van der Waals surface area contributed by atoms with Crippen molar-refractivity contribution in [3.63, 3.8) is 0 Å². The van der Waals surface area contributed by atoms with Crippen molar-refractivity contribution in [3.05, 3.63) is 24.0 Å². The molecule has 1 aliphatic rings. The van der Waals surface area contributed by atoms with Crippen LogP contribution in [0.3, 0.4) is 0 Å². The summed E-state index contributed by atoms with van der Waals surface area (Å²) in [7, 11) is 4.15. The highest BCUT2D eigenvalue weighted by atomic mass is 16.3. The molecule has 0 saturated heterocycles. The Morgan fingerprint density at radius 1 is 1.55 bits per heavy atom. The van der Waals surface area contributed by atoms with Gasteiger partial charge in [-0.3, -0.25) is 4.98 Å². The van der Waals surface area contributed by atoms with Crippen LogP contribution in [0.25, 0.3) is 0 Å². The minimum absolute atomic E-state index is 0.139. The summed E-state index contributed by atoms with van der Waals surface area (Å²) in [6.45, 7) is 2.28. The summed E-state index contributed by atoms with van der Waals surface area (Å²) in [4.78, 5) is 6.33. The average molecular weight is 277 g/mol. The fourth-order valence-corrected chi connectivity index (χ4v) is 3.58. The van der Waals surface area contributed by atoms with Crippen LogP contribution in [0.15, 0.2) is 18.5 Å². The number of aliphatic hydroxyl groups excluding tert-OH is 1. The lowest BCUT2D eigenvalue weighted by molar-refractivity contribution is -0.0424. The minimum Gasteiger partial charge on any atom is -0.398 e. The number of nitrogens with two attached hydrogens (primary N) is 1. The number of anilines is 1. The van der Waals surface area contributed by atoms with Gasteiger partial charge in [0.2, 0.25) is 0 Å². The molecule has 0 aromatic carbocycles. The zero-order valence-corrected chi connectivity index (χ0v) is 12.8. The van der Waals surface area contributed by atoms with Crippen LogP contribution in [-0.2, 0) is 6.42 Å². The van der Waals surface area contributed by atoms with E-state index in [1.807, 2.05) is 0 Å². The molecule has 112 valence electrons. The SMILES string of the molecule is CC1CCCC(C(O)Cc2cnccc2N)(N(C)C)C1. The predicted molar refractivity (Wildman–Crippen MR) is 82.4 cm³/mol. The second-order valence-electron chi connectivity index (χ2n) is 6.49. The number of nitrogen functional groups attached to an aromatic ring is 1. The van der Waals surface area contributed by atoms with Crippen LogP contribution in [-0.4, -0.2) is 40.7 Å². The number of hydrogen-bond acceptors (Lipinski definition) is 4. The first-order valence-electron chi connectivity index (χ1n) is 7.49. The quantitative estimate of drug-likeness (QED) is 0.884. The molecule has 3 N–H and O–H groups in total. The molecule has 1 aliphatic carbocycles. The summed E-state index contributed by atoms with van der Waals surface area (Å²) < 4.78 is 0. The zero-order valence-electron chi connectivity index (χ0n) is 12.8. The van der Waals surface area contributed by atoms with E-state index in [9.17, 15) is 5.11 Å². The first-order valence-corrected chi connectivity index (χ1v) is 7.49. The Labute approximate surface area is 122 Å². The Balaban J connectivity index is 2.19. The fraction of sp³-hybridized carbons (Fsp3) is 0.688. The molecule has 0 amide bonds. The highest BCUT2D eigenvalue weighted by Crippen LogP contribution is 2.39. The summed E-state index contributed by atoms with van der Waals surface area (Å²) in [6, 6.07) is 1.80. The van der Waals surface area contributed by atoms with Crippen LogP contribution >= 0.6 is 0 Å². The van der Waals surface area contributed by atoms with Gasteiger partial charge in [-0.15, -0.1) is 0 Å². The minimum atomic E-state index is -0.410. The van der Waals surface area contributed by atoms with Crippen molar-refractivity contribution in [2.45, 2.75) is 50.7 Å². The van der Waals surface area contributed by atoms with E-state index in [-0.39, 0.29) is 5.54 Å². The fourth-order valence-electron chi connectivity index (χ4n) is 3.58. The molecule has 1 aromatic heterocycles. The van der Waals surface area contributed by atoms with Crippen LogP contribution in [0.2, 0.25) is 0 Å². The van der Waals surface area contributed by atoms with E-state index in [1.54, 1.807) is 18.5 Å². The van der Waals surface area contributed by atoms with Gasteiger partial charge in [0.05, 0.1) is 6.10 Å². The van der Waals surface area contributed by atoms with E-state index < -0.39 is 6.10 Å². The topological polar surface area (TPSA) is 62.4 Å². The van der Waals surface area contributed by atoms with Crippen molar-refractivity contribution in [3.8, 4) is 0 Å². The molecule has 0 radical (unpaired) electrons. The van der Waals surface area contributed by atoms with Crippen molar-refractivity contribution in [2.75, 3.05) is 19.8 Å². The largest absolute Gasteiger partial charge is 0.398 e. The van der Waals surface area contributed by atoms with E-state index >= 15 is 0 Å². The lowest BCUT2D eigenvalue weighted by Crippen LogP contribution is -2.56. The molecule has 3 atom stereocenters. The van der Waals surface area contributed by atoms with E-state index in [2.05, 4.69) is 30.9 Å². The maximum absolute atomic E-state index is 10.9. The van der Waals surface area contributed by atoms with Gasteiger partial charge < -0.3 is 15.7 Å². The normalized spacial score (nSPS) is 28.6. The molecular weight excluding hydrogens is 250 g/mol. The van der Waals surface area contributed by atoms with Crippen LogP contribution in [0.4, 0.5) is 5.69 Å². The lowest BCUT2D eigenvalue weighted by Gasteiger charge is -2.48. The maximum Gasteiger partial charge on any atom is 0.0765 e. The molecule has 1 fully saturated rings. The molecule has 0 aliphatic heterocycles. The third-order valence-corrected chi connectivity index (χ3v) is 4.87. The van der Waals surface area contributed by atoms with Crippen molar-refractivity contribution in [1.82, 2.24) is 9.88 Å². The molecule has 1 saturated carbocycles. The Morgan fingerprint density at radius 2 is 2.30 bits per heavy atom. The van der Waals surface area contributed by atoms with Crippen molar-refractivity contribution in [1.29, 1.82) is 0 Å². The summed E-state index contributed by atoms with van der Waals surface area (Å²) in [5.74, 6) is 0.659. The van der Waals surface area contributed by atoms with Crippen LogP contribution in [0, 0.1) is 5.92 Å². The Kier molecular flexibility index (Phi) is 4.66. The van der Waals surface area contributed by atoms with Gasteiger partial charge in [-0.25, -0.2) is 0 Å². The van der Waals surface area contributed by atoms with Gasteiger partial charge in [0.1, 0.15) is 0 Å². The average Bonchev–Trinajstić information content (AvgIpc) is 2.41. The van der Waals surface area contributed by atoms with Gasteiger partial charge in [-0.05, 0) is 44.5 Å². The Bertz CT molecular complexity index is 449. The Morgan fingerprint density at radius 3 is 2.90 bits per heavy atom. The van der Waals surface area contributed by atoms with E-state index in [4.69, 9.17) is 5.73 Å². The number of likely N-dealkylation sites (N-methyl/N-ethyl adjacent to an activating group) is 1. The number of aromatic nitrogens is 1. The van der Waals surface area contributed by atoms with E-state index in [0.29, 0.717) is 12.3 Å². The first-order chi connectivity index (χ1) is 9.45. The molecular formula is C16H27N3O. The van der Waals surface area contributed by atoms with Gasteiger partial charge in [0, 0.05) is 30.0 Å². The standard InChI is InChI=1S/C16H27N3O/c1-12-5-4-7-16(10-12,19(2)3)15(20)9-13-11-18-8-6-14(13)17/h6,8,11-12,15,20H,4-5,7,9-10H2,1-3H3,(H2,17,18). The van der Waals surface area contributed by atoms with Gasteiger partial charge >= 0.3 is 0 Å². The number of aliphatic hydroxyl groups is 1. The maximum atomic E-state index is 10.9. The molecule has 0 spiro atoms. The molecule has 4 nitrogen and oxygen atoms in total. The van der Waals surface area contributed by atoms with Gasteiger partial charge in [-0.1, -0.05) is 19.8 Å². The molecule has 2 rings (SSSR count). The third-order valence-electron chi connectivity index (χ3n) is 4.87. The molecule has 0 bridgehead atoms. The second kappa shape index (κ2) is 6.10. The highest BCUT2D eigenvalue weighted by Gasteiger charge is 2.43. The lowest BCUT2D eigenvalue weighted by atomic mass is 9.71. The molecule has 4 heteroatoms. The first kappa shape index (κ1) is 15.3. The molecule has 1 heterocycles. The smallest absolute Gasteiger partial charge is 0.0765 e. The Hall–Kier alpha value is -1.13. The van der Waals surface area contributed by atoms with Crippen LogP contribution < -0.4 is 5.73 Å². The predicted octanol–water partition coefficient (Wildman–Crippen LogP) is 2.08. The molecule has 3 unspecified atom stereocenters. The summed E-state index contributed by atoms with van der Waals surface area (Å²) in [5.41, 5.74) is 7.50. The van der Waals surface area contributed by atoms with E-state index in [1.165, 1.54) is 12.8 Å². The van der Waals surface area contributed by atoms with Gasteiger partial charge in [-0.2, -0.15) is 0 Å². The second-order valence-corrected chi connectivity index (χ2v) is 6.49. The number of hydrogen-bond donors (Lipinski definition) is 2. The highest BCUT2D eigenvalue weighted by molar-refractivity contribution is 5.44. The van der Waals surface area contributed by atoms with Gasteiger partial charge in [0.15, 0.2) is 0 Å². The summed E-state index contributed by atoms with van der Waals surface area (Å²) >= 11 is 0. The monoisotopic (exact) mass is 277 g/mol. The molecule has 20 heavy (non-hydrogen) atoms. The van der Waals surface area contributed by atoms with Crippen molar-refractivity contribution < 1.29 is 5.11 Å².